The molecule has 1 fully saturated rings. The van der Waals surface area contributed by atoms with Crippen molar-refractivity contribution in [3.63, 3.8) is 0 Å². The van der Waals surface area contributed by atoms with Crippen LogP contribution in [0.1, 0.15) is 37.6 Å². The van der Waals surface area contributed by atoms with Crippen LogP contribution in [-0.2, 0) is 19.6 Å². The van der Waals surface area contributed by atoms with Crippen molar-refractivity contribution < 1.29 is 4.79 Å². The number of pyridine rings is 1. The highest BCUT2D eigenvalue weighted by atomic mass is 16.2. The van der Waals surface area contributed by atoms with Crippen LogP contribution in [0.3, 0.4) is 0 Å². The number of rotatable bonds is 6. The van der Waals surface area contributed by atoms with Crippen LogP contribution in [0, 0.1) is 0 Å². The van der Waals surface area contributed by atoms with Crippen LogP contribution in [0.5, 0.6) is 0 Å². The summed E-state index contributed by atoms with van der Waals surface area (Å²) in [6.07, 6.45) is 7.20. The summed E-state index contributed by atoms with van der Waals surface area (Å²) in [6.45, 7) is 5.73. The number of carbonyl (C=O) groups excluding carboxylic acids is 1. The number of carbonyl (C=O) groups is 1. The van der Waals surface area contributed by atoms with Gasteiger partial charge < -0.3 is 20.1 Å². The van der Waals surface area contributed by atoms with Gasteiger partial charge in [-0.05, 0) is 43.9 Å². The van der Waals surface area contributed by atoms with E-state index in [2.05, 4.69) is 36.8 Å². The maximum absolute atomic E-state index is 12.0. The second-order valence-electron chi connectivity index (χ2n) is 6.14. The van der Waals surface area contributed by atoms with Crippen LogP contribution in [0.25, 0.3) is 0 Å². The molecule has 0 aliphatic carbocycles. The zero-order valence-corrected chi connectivity index (χ0v) is 14.6. The van der Waals surface area contributed by atoms with E-state index in [4.69, 9.17) is 0 Å². The molecule has 0 bridgehead atoms. The molecule has 2 amide bonds. The predicted molar refractivity (Wildman–Crippen MR) is 95.1 cm³/mol. The molecule has 0 spiro atoms. The third-order valence-corrected chi connectivity index (χ3v) is 4.39. The van der Waals surface area contributed by atoms with Gasteiger partial charge in [-0.25, -0.2) is 9.78 Å². The third kappa shape index (κ3) is 4.68. The second kappa shape index (κ2) is 8.46. The molecule has 0 atom stereocenters. The molecule has 1 saturated heterocycles. The summed E-state index contributed by atoms with van der Waals surface area (Å²) >= 11 is 0. The largest absolute Gasteiger partial charge is 0.357 e. The fraction of sp³-hybridized carbons (Fsp3) is 0.529. The number of anilines is 1. The topological polar surface area (TPSA) is 88.0 Å². The first-order valence-electron chi connectivity index (χ1n) is 8.84. The first kappa shape index (κ1) is 17.2. The van der Waals surface area contributed by atoms with Gasteiger partial charge in [0.25, 0.3) is 0 Å². The maximum atomic E-state index is 12.0. The number of nitrogens with zero attached hydrogens (tertiary/aromatic N) is 5. The van der Waals surface area contributed by atoms with Crippen LogP contribution in [0.4, 0.5) is 10.6 Å². The fourth-order valence-corrected chi connectivity index (χ4v) is 2.95. The normalized spacial score (nSPS) is 14.4. The molecule has 1 aliphatic heterocycles. The van der Waals surface area contributed by atoms with E-state index in [0.717, 1.165) is 36.8 Å². The van der Waals surface area contributed by atoms with E-state index < -0.39 is 0 Å². The standard InChI is InChI=1S/C17H25N7O/c1-2-23-13-21-22-16(23)12-20-17(25)19-11-14-6-7-18-15(10-14)24-8-4-3-5-9-24/h6-7,10,13H,2-5,8-9,11-12H2,1H3,(H2,19,20,25). The number of hydrogen-bond acceptors (Lipinski definition) is 5. The molecule has 8 nitrogen and oxygen atoms in total. The lowest BCUT2D eigenvalue weighted by atomic mass is 10.1. The summed E-state index contributed by atoms with van der Waals surface area (Å²) in [5, 5.41) is 13.5. The third-order valence-electron chi connectivity index (χ3n) is 4.39. The van der Waals surface area contributed by atoms with Crippen molar-refractivity contribution in [2.45, 2.75) is 45.8 Å². The molecule has 134 valence electrons. The van der Waals surface area contributed by atoms with Gasteiger partial charge in [0.15, 0.2) is 5.82 Å². The molecule has 1 aliphatic rings. The zero-order chi connectivity index (χ0) is 17.5. The summed E-state index contributed by atoms with van der Waals surface area (Å²) < 4.78 is 1.90. The lowest BCUT2D eigenvalue weighted by Gasteiger charge is -2.27. The Bertz CT molecular complexity index is 694. The van der Waals surface area contributed by atoms with E-state index in [9.17, 15) is 4.79 Å². The van der Waals surface area contributed by atoms with Gasteiger partial charge >= 0.3 is 6.03 Å². The van der Waals surface area contributed by atoms with E-state index >= 15 is 0 Å². The summed E-state index contributed by atoms with van der Waals surface area (Å²) in [7, 11) is 0. The Labute approximate surface area is 147 Å². The second-order valence-corrected chi connectivity index (χ2v) is 6.14. The zero-order valence-electron chi connectivity index (χ0n) is 14.6. The number of aromatic nitrogens is 4. The van der Waals surface area contributed by atoms with Crippen molar-refractivity contribution in [1.82, 2.24) is 30.4 Å². The molecule has 3 rings (SSSR count). The van der Waals surface area contributed by atoms with Crippen LogP contribution >= 0.6 is 0 Å². The Hall–Kier alpha value is -2.64. The fourth-order valence-electron chi connectivity index (χ4n) is 2.95. The molecular formula is C17H25N7O. The van der Waals surface area contributed by atoms with E-state index in [0.29, 0.717) is 13.1 Å². The molecule has 8 heteroatoms. The average molecular weight is 343 g/mol. The molecular weight excluding hydrogens is 318 g/mol. The number of amides is 2. The Balaban J connectivity index is 1.48. The molecule has 25 heavy (non-hydrogen) atoms. The van der Waals surface area contributed by atoms with Gasteiger partial charge in [-0.2, -0.15) is 0 Å². The highest BCUT2D eigenvalue weighted by molar-refractivity contribution is 5.73. The summed E-state index contributed by atoms with van der Waals surface area (Å²) in [5.74, 6) is 1.74. The molecule has 0 aromatic carbocycles. The van der Waals surface area contributed by atoms with E-state index in [1.165, 1.54) is 19.3 Å². The van der Waals surface area contributed by atoms with Crippen molar-refractivity contribution in [3.05, 3.63) is 36.0 Å². The van der Waals surface area contributed by atoms with Crippen molar-refractivity contribution in [3.8, 4) is 0 Å². The highest BCUT2D eigenvalue weighted by Gasteiger charge is 2.12. The lowest BCUT2D eigenvalue weighted by Crippen LogP contribution is -2.35. The highest BCUT2D eigenvalue weighted by Crippen LogP contribution is 2.18. The molecule has 0 radical (unpaired) electrons. The maximum Gasteiger partial charge on any atom is 0.315 e. The van der Waals surface area contributed by atoms with Gasteiger partial charge in [-0.15, -0.1) is 10.2 Å². The Morgan fingerprint density at radius 1 is 1.20 bits per heavy atom. The number of hydrogen-bond donors (Lipinski definition) is 2. The molecule has 0 unspecified atom stereocenters. The first-order chi connectivity index (χ1) is 12.3. The van der Waals surface area contributed by atoms with Crippen molar-refractivity contribution in [1.29, 1.82) is 0 Å². The monoisotopic (exact) mass is 343 g/mol. The summed E-state index contributed by atoms with van der Waals surface area (Å²) in [4.78, 5) is 18.8. The molecule has 2 aromatic heterocycles. The van der Waals surface area contributed by atoms with Crippen LogP contribution in [0.15, 0.2) is 24.7 Å². The quantitative estimate of drug-likeness (QED) is 0.833. The summed E-state index contributed by atoms with van der Waals surface area (Å²) in [5.41, 5.74) is 1.04. The molecule has 2 aromatic rings. The SMILES string of the molecule is CCn1cnnc1CNC(=O)NCc1ccnc(N2CCCCC2)c1. The number of urea groups is 1. The summed E-state index contributed by atoms with van der Waals surface area (Å²) in [6, 6.07) is 3.77. The van der Waals surface area contributed by atoms with E-state index in [1.54, 1.807) is 6.33 Å². The lowest BCUT2D eigenvalue weighted by molar-refractivity contribution is 0.239. The van der Waals surface area contributed by atoms with Crippen molar-refractivity contribution in [2.24, 2.45) is 0 Å². The molecule has 3 heterocycles. The predicted octanol–water partition coefficient (Wildman–Crippen LogP) is 1.68. The Morgan fingerprint density at radius 3 is 2.80 bits per heavy atom. The van der Waals surface area contributed by atoms with Gasteiger partial charge in [0.1, 0.15) is 12.1 Å². The van der Waals surface area contributed by atoms with Crippen LogP contribution < -0.4 is 15.5 Å². The van der Waals surface area contributed by atoms with E-state index in [-0.39, 0.29) is 6.03 Å². The Kier molecular flexibility index (Phi) is 5.81. The van der Waals surface area contributed by atoms with E-state index in [1.807, 2.05) is 23.8 Å². The first-order valence-corrected chi connectivity index (χ1v) is 8.84. The molecule has 0 saturated carbocycles. The smallest absolute Gasteiger partial charge is 0.315 e. The number of nitrogens with one attached hydrogen (secondary N) is 2. The Morgan fingerprint density at radius 2 is 2.00 bits per heavy atom. The van der Waals surface area contributed by atoms with Crippen LogP contribution in [-0.4, -0.2) is 38.9 Å². The van der Waals surface area contributed by atoms with Gasteiger partial charge in [0.2, 0.25) is 0 Å². The minimum Gasteiger partial charge on any atom is -0.357 e. The number of aryl methyl sites for hydroxylation is 1. The van der Waals surface area contributed by atoms with Gasteiger partial charge in [-0.3, -0.25) is 0 Å². The van der Waals surface area contributed by atoms with Gasteiger partial charge in [-0.1, -0.05) is 0 Å². The van der Waals surface area contributed by atoms with Crippen LogP contribution in [0.2, 0.25) is 0 Å². The minimum absolute atomic E-state index is 0.220. The number of piperidine rings is 1. The van der Waals surface area contributed by atoms with Gasteiger partial charge in [0, 0.05) is 32.4 Å². The van der Waals surface area contributed by atoms with Crippen molar-refractivity contribution in [2.75, 3.05) is 18.0 Å². The average Bonchev–Trinajstić information content (AvgIpc) is 3.13. The molecule has 2 N–H and O–H groups in total. The van der Waals surface area contributed by atoms with Gasteiger partial charge in [0.05, 0.1) is 6.54 Å². The van der Waals surface area contributed by atoms with Crippen molar-refractivity contribution >= 4 is 11.8 Å². The minimum atomic E-state index is -0.220.